The first-order valence-electron chi connectivity index (χ1n) is 9.12. The van der Waals surface area contributed by atoms with E-state index in [0.717, 1.165) is 5.56 Å². The second kappa shape index (κ2) is 8.84. The number of amides is 1. The molecule has 1 aliphatic heterocycles. The maximum Gasteiger partial charge on any atom is 0.319 e. The van der Waals surface area contributed by atoms with Crippen molar-refractivity contribution in [1.82, 2.24) is 5.01 Å². The van der Waals surface area contributed by atoms with Gasteiger partial charge in [-0.2, -0.15) is 5.10 Å². The molecule has 1 N–H and O–H groups in total. The molecule has 2 aromatic rings. The van der Waals surface area contributed by atoms with Crippen molar-refractivity contribution >= 4 is 46.5 Å². The Morgan fingerprint density at radius 3 is 2.24 bits per heavy atom. The van der Waals surface area contributed by atoms with Crippen LogP contribution in [0, 0.1) is 5.41 Å². The molecule has 2 aromatic carbocycles. The van der Waals surface area contributed by atoms with Gasteiger partial charge in [-0.15, -0.1) is 0 Å². The van der Waals surface area contributed by atoms with Gasteiger partial charge in [-0.1, -0.05) is 42.3 Å². The molecular formula is C21H21Cl2N3O3. The van der Waals surface area contributed by atoms with Crippen LogP contribution in [0.5, 0.6) is 0 Å². The van der Waals surface area contributed by atoms with Crippen LogP contribution in [-0.4, -0.2) is 42.8 Å². The molecule has 1 atom stereocenters. The van der Waals surface area contributed by atoms with Crippen molar-refractivity contribution in [2.24, 2.45) is 10.5 Å². The molecule has 3 rings (SSSR count). The largest absolute Gasteiger partial charge is 0.468 e. The summed E-state index contributed by atoms with van der Waals surface area (Å²) >= 11 is 11.9. The van der Waals surface area contributed by atoms with Crippen LogP contribution in [0.3, 0.4) is 0 Å². The Morgan fingerprint density at radius 2 is 1.69 bits per heavy atom. The Bertz CT molecular complexity index is 929. The van der Waals surface area contributed by atoms with E-state index in [1.807, 2.05) is 19.1 Å². The summed E-state index contributed by atoms with van der Waals surface area (Å²) in [4.78, 5) is 25.2. The second-order valence-electron chi connectivity index (χ2n) is 6.76. The molecule has 0 saturated carbocycles. The van der Waals surface area contributed by atoms with Crippen molar-refractivity contribution in [3.05, 3.63) is 64.1 Å². The molecule has 0 aromatic heterocycles. The standard InChI is InChI=1S/C21H21Cl2N3O3/c1-3-21(20(28)29-2)13-26(25-19(21)14-4-6-15(22)7-5-14)12-18(27)24-17-10-8-16(23)9-11-17/h4-11H,3,12-13H2,1-2H3,(H,24,27). The first-order chi connectivity index (χ1) is 13.9. The molecule has 0 spiro atoms. The van der Waals surface area contributed by atoms with Crippen LogP contribution in [-0.2, 0) is 14.3 Å². The highest BCUT2D eigenvalue weighted by Gasteiger charge is 2.49. The van der Waals surface area contributed by atoms with Crippen LogP contribution in [0.4, 0.5) is 5.69 Å². The number of esters is 1. The highest BCUT2D eigenvalue weighted by Crippen LogP contribution is 2.36. The highest BCUT2D eigenvalue weighted by atomic mass is 35.5. The molecule has 1 amide bonds. The molecule has 0 aliphatic carbocycles. The van der Waals surface area contributed by atoms with Crippen LogP contribution < -0.4 is 5.32 Å². The summed E-state index contributed by atoms with van der Waals surface area (Å²) in [6.07, 6.45) is 0.483. The summed E-state index contributed by atoms with van der Waals surface area (Å²) in [5.74, 6) is -0.627. The number of hydrogen-bond donors (Lipinski definition) is 1. The summed E-state index contributed by atoms with van der Waals surface area (Å²) in [5, 5.41) is 10.2. The lowest BCUT2D eigenvalue weighted by Gasteiger charge is -2.26. The number of nitrogens with zero attached hydrogens (tertiary/aromatic N) is 2. The Morgan fingerprint density at radius 1 is 1.10 bits per heavy atom. The number of hydrogen-bond acceptors (Lipinski definition) is 5. The quantitative estimate of drug-likeness (QED) is 0.692. The average Bonchev–Trinajstić information content (AvgIpc) is 3.09. The predicted molar refractivity (Wildman–Crippen MR) is 114 cm³/mol. The SMILES string of the molecule is CCC1(C(=O)OC)CN(CC(=O)Nc2ccc(Cl)cc2)N=C1c1ccc(Cl)cc1. The molecule has 0 radical (unpaired) electrons. The van der Waals surface area contributed by atoms with E-state index in [0.29, 0.717) is 27.9 Å². The molecule has 1 aliphatic rings. The van der Waals surface area contributed by atoms with Gasteiger partial charge in [-0.05, 0) is 48.4 Å². The molecular weight excluding hydrogens is 413 g/mol. The third kappa shape index (κ3) is 4.54. The molecule has 0 bridgehead atoms. The summed E-state index contributed by atoms with van der Waals surface area (Å²) in [5.41, 5.74) is 1.02. The lowest BCUT2D eigenvalue weighted by Crippen LogP contribution is -2.43. The zero-order valence-electron chi connectivity index (χ0n) is 16.1. The average molecular weight is 434 g/mol. The minimum atomic E-state index is -0.955. The number of carbonyl (C=O) groups excluding carboxylic acids is 2. The van der Waals surface area contributed by atoms with E-state index in [2.05, 4.69) is 10.4 Å². The third-order valence-electron chi connectivity index (χ3n) is 4.90. The van der Waals surface area contributed by atoms with Gasteiger partial charge in [0.25, 0.3) is 0 Å². The fourth-order valence-corrected chi connectivity index (χ4v) is 3.62. The number of benzene rings is 2. The lowest BCUT2D eigenvalue weighted by atomic mass is 9.78. The van der Waals surface area contributed by atoms with E-state index in [-0.39, 0.29) is 25.0 Å². The predicted octanol–water partition coefficient (Wildman–Crippen LogP) is 4.22. The Balaban J connectivity index is 1.84. The van der Waals surface area contributed by atoms with Gasteiger partial charge < -0.3 is 10.1 Å². The van der Waals surface area contributed by atoms with Crippen molar-refractivity contribution in [3.63, 3.8) is 0 Å². The first-order valence-corrected chi connectivity index (χ1v) is 9.87. The molecule has 1 unspecified atom stereocenters. The number of carbonyl (C=O) groups is 2. The van der Waals surface area contributed by atoms with E-state index < -0.39 is 5.41 Å². The van der Waals surface area contributed by atoms with Gasteiger partial charge in [0.1, 0.15) is 12.0 Å². The van der Waals surface area contributed by atoms with Gasteiger partial charge in [0.2, 0.25) is 5.91 Å². The molecule has 1 heterocycles. The Kier molecular flexibility index (Phi) is 6.45. The van der Waals surface area contributed by atoms with Crippen LogP contribution in [0.1, 0.15) is 18.9 Å². The van der Waals surface area contributed by atoms with Gasteiger partial charge in [0.05, 0.1) is 19.4 Å². The zero-order valence-corrected chi connectivity index (χ0v) is 17.6. The normalized spacial score (nSPS) is 18.3. The van der Waals surface area contributed by atoms with E-state index in [4.69, 9.17) is 27.9 Å². The summed E-state index contributed by atoms with van der Waals surface area (Å²) in [6, 6.07) is 13.9. The van der Waals surface area contributed by atoms with Crippen molar-refractivity contribution in [2.75, 3.05) is 25.5 Å². The van der Waals surface area contributed by atoms with Crippen molar-refractivity contribution in [1.29, 1.82) is 0 Å². The number of ether oxygens (including phenoxy) is 1. The number of hydrazone groups is 1. The van der Waals surface area contributed by atoms with Gasteiger partial charge in [-0.3, -0.25) is 14.6 Å². The van der Waals surface area contributed by atoms with Gasteiger partial charge in [-0.25, -0.2) is 0 Å². The summed E-state index contributed by atoms with van der Waals surface area (Å²) < 4.78 is 5.08. The van der Waals surface area contributed by atoms with Gasteiger partial charge >= 0.3 is 5.97 Å². The van der Waals surface area contributed by atoms with E-state index >= 15 is 0 Å². The maximum atomic E-state index is 12.7. The van der Waals surface area contributed by atoms with Crippen molar-refractivity contribution in [3.8, 4) is 0 Å². The number of methoxy groups -OCH3 is 1. The number of nitrogens with one attached hydrogen (secondary N) is 1. The number of anilines is 1. The number of rotatable bonds is 6. The van der Waals surface area contributed by atoms with Crippen LogP contribution in [0.2, 0.25) is 10.0 Å². The van der Waals surface area contributed by atoms with Crippen LogP contribution in [0.25, 0.3) is 0 Å². The topological polar surface area (TPSA) is 71.0 Å². The zero-order chi connectivity index (χ0) is 21.0. The molecule has 6 nitrogen and oxygen atoms in total. The van der Waals surface area contributed by atoms with Gasteiger partial charge in [0.15, 0.2) is 0 Å². The Labute approximate surface area is 179 Å². The van der Waals surface area contributed by atoms with Crippen LogP contribution >= 0.6 is 23.2 Å². The minimum Gasteiger partial charge on any atom is -0.468 e. The smallest absolute Gasteiger partial charge is 0.319 e. The Hall–Kier alpha value is -2.57. The van der Waals surface area contributed by atoms with Crippen molar-refractivity contribution < 1.29 is 14.3 Å². The molecule has 29 heavy (non-hydrogen) atoms. The summed E-state index contributed by atoms with van der Waals surface area (Å²) in [6.45, 7) is 2.15. The van der Waals surface area contributed by atoms with Gasteiger partial charge in [0, 0.05) is 15.7 Å². The van der Waals surface area contributed by atoms with Crippen molar-refractivity contribution in [2.45, 2.75) is 13.3 Å². The minimum absolute atomic E-state index is 0.00153. The fourth-order valence-electron chi connectivity index (χ4n) is 3.37. The first kappa shape index (κ1) is 21.1. The maximum absolute atomic E-state index is 12.7. The third-order valence-corrected chi connectivity index (χ3v) is 5.40. The lowest BCUT2D eigenvalue weighted by molar-refractivity contribution is -0.149. The fraction of sp³-hybridized carbons (Fsp3) is 0.286. The molecule has 0 saturated heterocycles. The van der Waals surface area contributed by atoms with E-state index in [9.17, 15) is 9.59 Å². The highest BCUT2D eigenvalue weighted by molar-refractivity contribution is 6.31. The van der Waals surface area contributed by atoms with Crippen LogP contribution in [0.15, 0.2) is 53.6 Å². The van der Waals surface area contributed by atoms with E-state index in [1.54, 1.807) is 41.4 Å². The van der Waals surface area contributed by atoms with E-state index in [1.165, 1.54) is 7.11 Å². The molecule has 8 heteroatoms. The molecule has 152 valence electrons. The monoisotopic (exact) mass is 433 g/mol. The second-order valence-corrected chi connectivity index (χ2v) is 7.63. The number of halogens is 2. The molecule has 0 fully saturated rings. The summed E-state index contributed by atoms with van der Waals surface area (Å²) in [7, 11) is 1.36.